The van der Waals surface area contributed by atoms with Gasteiger partial charge in [0.05, 0.1) is 0 Å². The van der Waals surface area contributed by atoms with E-state index in [1.807, 2.05) is 0 Å². The van der Waals surface area contributed by atoms with Crippen molar-refractivity contribution in [1.29, 1.82) is 0 Å². The van der Waals surface area contributed by atoms with E-state index in [-0.39, 0.29) is 5.56 Å². The van der Waals surface area contributed by atoms with Crippen LogP contribution in [0, 0.1) is 0 Å². The zero-order valence-electron chi connectivity index (χ0n) is 14.6. The fraction of sp³-hybridized carbons (Fsp3) is 0.722. The van der Waals surface area contributed by atoms with Crippen molar-refractivity contribution in [2.75, 3.05) is 13.6 Å². The smallest absolute Gasteiger partial charge is 0.255 e. The third-order valence-corrected chi connectivity index (χ3v) is 4.72. The molecule has 1 unspecified atom stereocenters. The van der Waals surface area contributed by atoms with E-state index in [9.17, 15) is 4.79 Å². The molecule has 1 N–H and O–H groups in total. The summed E-state index contributed by atoms with van der Waals surface area (Å²) in [6, 6.07) is 2.59. The number of pyridine rings is 1. The molecule has 1 aliphatic heterocycles. The van der Waals surface area contributed by atoms with Crippen LogP contribution in [0.25, 0.3) is 0 Å². The van der Waals surface area contributed by atoms with Crippen LogP contribution in [-0.4, -0.2) is 29.1 Å². The Balaban J connectivity index is 2.33. The minimum Gasteiger partial charge on any atom is -0.312 e. The first-order valence-electron chi connectivity index (χ1n) is 8.73. The lowest BCUT2D eigenvalue weighted by molar-refractivity contribution is 0.303. The predicted molar refractivity (Wildman–Crippen MR) is 92.2 cm³/mol. The number of fused-ring (bicyclic) bond motifs is 1. The molecule has 0 amide bonds. The van der Waals surface area contributed by atoms with Crippen LogP contribution in [0.3, 0.4) is 0 Å². The third-order valence-electron chi connectivity index (χ3n) is 4.72. The SMILES string of the molecule is CCCCn1c2c(cc(CNC(C)CC)c1=O)CN(C)CC2. The second kappa shape index (κ2) is 7.93. The molecule has 1 aromatic rings. The molecule has 4 nitrogen and oxygen atoms in total. The van der Waals surface area contributed by atoms with Gasteiger partial charge in [-0.2, -0.15) is 0 Å². The number of nitrogens with one attached hydrogen (secondary N) is 1. The zero-order valence-corrected chi connectivity index (χ0v) is 14.6. The van der Waals surface area contributed by atoms with Gasteiger partial charge in [-0.1, -0.05) is 20.3 Å². The van der Waals surface area contributed by atoms with Gasteiger partial charge in [-0.05, 0) is 38.4 Å². The Morgan fingerprint density at radius 2 is 2.14 bits per heavy atom. The number of hydrogen-bond acceptors (Lipinski definition) is 3. The van der Waals surface area contributed by atoms with Crippen LogP contribution in [-0.2, 0) is 26.1 Å². The Labute approximate surface area is 134 Å². The second-order valence-corrected chi connectivity index (χ2v) is 6.63. The monoisotopic (exact) mass is 305 g/mol. The summed E-state index contributed by atoms with van der Waals surface area (Å²) in [4.78, 5) is 15.2. The summed E-state index contributed by atoms with van der Waals surface area (Å²) in [5.74, 6) is 0. The van der Waals surface area contributed by atoms with Gasteiger partial charge in [-0.25, -0.2) is 0 Å². The first kappa shape index (κ1) is 17.2. The van der Waals surface area contributed by atoms with Crippen molar-refractivity contribution in [3.8, 4) is 0 Å². The molecule has 0 aliphatic carbocycles. The number of hydrogen-bond donors (Lipinski definition) is 1. The van der Waals surface area contributed by atoms with Crippen molar-refractivity contribution < 1.29 is 0 Å². The molecule has 2 heterocycles. The minimum absolute atomic E-state index is 0.215. The van der Waals surface area contributed by atoms with Crippen LogP contribution in [0.1, 0.15) is 56.9 Å². The minimum atomic E-state index is 0.215. The van der Waals surface area contributed by atoms with E-state index in [0.29, 0.717) is 12.6 Å². The van der Waals surface area contributed by atoms with E-state index in [1.165, 1.54) is 11.3 Å². The molecule has 124 valence electrons. The fourth-order valence-electron chi connectivity index (χ4n) is 3.03. The van der Waals surface area contributed by atoms with Gasteiger partial charge in [0.1, 0.15) is 0 Å². The number of nitrogens with zero attached hydrogens (tertiary/aromatic N) is 2. The highest BCUT2D eigenvalue weighted by Gasteiger charge is 2.19. The van der Waals surface area contributed by atoms with Gasteiger partial charge in [0.15, 0.2) is 0 Å². The van der Waals surface area contributed by atoms with Crippen LogP contribution in [0.4, 0.5) is 0 Å². The maximum Gasteiger partial charge on any atom is 0.255 e. The summed E-state index contributed by atoms with van der Waals surface area (Å²) in [6.45, 7) is 10.1. The standard InChI is InChI=1S/C18H31N3O/c1-5-7-9-21-17-8-10-20(4)13-16(17)11-15(18(21)22)12-19-14(3)6-2/h11,14,19H,5-10,12-13H2,1-4H3. The van der Waals surface area contributed by atoms with Crippen LogP contribution >= 0.6 is 0 Å². The zero-order chi connectivity index (χ0) is 16.1. The van der Waals surface area contributed by atoms with Gasteiger partial charge in [-0.3, -0.25) is 4.79 Å². The molecule has 4 heteroatoms. The van der Waals surface area contributed by atoms with E-state index in [0.717, 1.165) is 50.9 Å². The van der Waals surface area contributed by atoms with Gasteiger partial charge in [-0.15, -0.1) is 0 Å². The van der Waals surface area contributed by atoms with Crippen LogP contribution < -0.4 is 10.9 Å². The maximum absolute atomic E-state index is 12.8. The van der Waals surface area contributed by atoms with Crippen molar-refractivity contribution in [1.82, 2.24) is 14.8 Å². The molecule has 0 saturated carbocycles. The van der Waals surface area contributed by atoms with Gasteiger partial charge >= 0.3 is 0 Å². The highest BCUT2D eigenvalue weighted by Crippen LogP contribution is 2.18. The number of aromatic nitrogens is 1. The highest BCUT2D eigenvalue weighted by molar-refractivity contribution is 5.29. The van der Waals surface area contributed by atoms with E-state index < -0.39 is 0 Å². The normalized spacial score (nSPS) is 16.5. The Hall–Kier alpha value is -1.13. The first-order chi connectivity index (χ1) is 10.6. The molecule has 2 rings (SSSR count). The molecule has 0 saturated heterocycles. The largest absolute Gasteiger partial charge is 0.312 e. The Bertz CT molecular complexity index is 550. The summed E-state index contributed by atoms with van der Waals surface area (Å²) in [7, 11) is 2.15. The molecule has 0 bridgehead atoms. The lowest BCUT2D eigenvalue weighted by atomic mass is 10.0. The van der Waals surface area contributed by atoms with Crippen LogP contribution in [0.5, 0.6) is 0 Å². The van der Waals surface area contributed by atoms with Gasteiger partial charge in [0.25, 0.3) is 5.56 Å². The quantitative estimate of drug-likeness (QED) is 0.841. The highest BCUT2D eigenvalue weighted by atomic mass is 16.1. The summed E-state index contributed by atoms with van der Waals surface area (Å²) in [5.41, 5.74) is 3.74. The second-order valence-electron chi connectivity index (χ2n) is 6.63. The molecule has 22 heavy (non-hydrogen) atoms. The van der Waals surface area contributed by atoms with Crippen molar-refractivity contribution in [3.05, 3.63) is 33.2 Å². The summed E-state index contributed by atoms with van der Waals surface area (Å²) < 4.78 is 2.06. The first-order valence-corrected chi connectivity index (χ1v) is 8.73. The van der Waals surface area contributed by atoms with E-state index in [2.05, 4.69) is 48.7 Å². The van der Waals surface area contributed by atoms with Crippen molar-refractivity contribution in [2.45, 2.75) is 72.1 Å². The molecule has 0 radical (unpaired) electrons. The summed E-state index contributed by atoms with van der Waals surface area (Å²) in [5, 5.41) is 3.46. The van der Waals surface area contributed by atoms with E-state index in [4.69, 9.17) is 0 Å². The topological polar surface area (TPSA) is 37.3 Å². The van der Waals surface area contributed by atoms with Crippen molar-refractivity contribution >= 4 is 0 Å². The molecule has 1 aromatic heterocycles. The summed E-state index contributed by atoms with van der Waals surface area (Å²) in [6.07, 6.45) is 4.27. The average molecular weight is 305 g/mol. The summed E-state index contributed by atoms with van der Waals surface area (Å²) >= 11 is 0. The lowest BCUT2D eigenvalue weighted by Gasteiger charge is -2.28. The van der Waals surface area contributed by atoms with E-state index >= 15 is 0 Å². The molecular weight excluding hydrogens is 274 g/mol. The van der Waals surface area contributed by atoms with E-state index in [1.54, 1.807) is 0 Å². The van der Waals surface area contributed by atoms with Gasteiger partial charge in [0, 0.05) is 49.9 Å². The predicted octanol–water partition coefficient (Wildman–Crippen LogP) is 2.52. The maximum atomic E-state index is 12.8. The molecule has 0 spiro atoms. The van der Waals surface area contributed by atoms with Crippen molar-refractivity contribution in [2.24, 2.45) is 0 Å². The van der Waals surface area contributed by atoms with Crippen molar-refractivity contribution in [3.63, 3.8) is 0 Å². The Morgan fingerprint density at radius 1 is 1.36 bits per heavy atom. The third kappa shape index (κ3) is 3.99. The molecule has 0 fully saturated rings. The Morgan fingerprint density at radius 3 is 2.82 bits per heavy atom. The van der Waals surface area contributed by atoms with Crippen LogP contribution in [0.15, 0.2) is 10.9 Å². The lowest BCUT2D eigenvalue weighted by Crippen LogP contribution is -2.37. The molecule has 0 aromatic carbocycles. The van der Waals surface area contributed by atoms with Gasteiger partial charge in [0.2, 0.25) is 0 Å². The fourth-order valence-corrected chi connectivity index (χ4v) is 3.03. The number of unbranched alkanes of at least 4 members (excludes halogenated alkanes) is 1. The molecule has 1 aliphatic rings. The van der Waals surface area contributed by atoms with Gasteiger partial charge < -0.3 is 14.8 Å². The average Bonchev–Trinajstić information content (AvgIpc) is 2.52. The molecular formula is C18H31N3O. The molecule has 1 atom stereocenters. The number of likely N-dealkylation sites (N-methyl/N-ethyl adjacent to an activating group) is 1. The Kier molecular flexibility index (Phi) is 6.21. The van der Waals surface area contributed by atoms with Crippen LogP contribution in [0.2, 0.25) is 0 Å². The number of rotatable bonds is 7.